The number of aromatic hydroxyl groups is 1. The quantitative estimate of drug-likeness (QED) is 0.902. The third-order valence-corrected chi connectivity index (χ3v) is 4.40. The minimum Gasteiger partial charge on any atom is -0.508 e. The molecule has 0 aliphatic heterocycles. The maximum Gasteiger partial charge on any atom is 0.137 e. The van der Waals surface area contributed by atoms with Crippen LogP contribution in [0.3, 0.4) is 0 Å². The van der Waals surface area contributed by atoms with Crippen LogP contribution in [-0.4, -0.2) is 16.1 Å². The Kier molecular flexibility index (Phi) is 3.24. The van der Waals surface area contributed by atoms with Gasteiger partial charge in [-0.2, -0.15) is 0 Å². The average molecular weight is 278 g/mol. The van der Waals surface area contributed by atoms with Crippen LogP contribution in [0.5, 0.6) is 5.75 Å². The molecule has 100 valence electrons. The van der Waals surface area contributed by atoms with E-state index in [1.165, 1.54) is 30.2 Å². The van der Waals surface area contributed by atoms with Crippen LogP contribution in [0.1, 0.15) is 23.4 Å². The number of benzene rings is 1. The predicted molar refractivity (Wildman–Crippen MR) is 73.8 cm³/mol. The molecule has 3 rings (SSSR count). The number of nitrogens with one attached hydrogen (secondary N) is 1. The number of hydrogen-bond acceptors (Lipinski definition) is 4. The highest BCUT2D eigenvalue weighted by Gasteiger charge is 2.21. The Morgan fingerprint density at radius 2 is 2.26 bits per heavy atom. The number of aryl methyl sites for hydroxylation is 1. The van der Waals surface area contributed by atoms with Crippen molar-refractivity contribution in [2.45, 2.75) is 32.4 Å². The topological polar surface area (TPSA) is 45.2 Å². The fraction of sp³-hybridized carbons (Fsp3) is 0.357. The van der Waals surface area contributed by atoms with Gasteiger partial charge in [0.1, 0.15) is 16.6 Å². The first kappa shape index (κ1) is 12.6. The molecule has 1 aliphatic carbocycles. The number of halogens is 1. The van der Waals surface area contributed by atoms with E-state index in [0.29, 0.717) is 16.6 Å². The minimum atomic E-state index is -0.435. The molecule has 0 saturated heterocycles. The Hall–Kier alpha value is -1.46. The summed E-state index contributed by atoms with van der Waals surface area (Å²) in [5.41, 5.74) is 1.39. The molecule has 1 aromatic heterocycles. The van der Waals surface area contributed by atoms with Gasteiger partial charge in [-0.25, -0.2) is 9.37 Å². The van der Waals surface area contributed by atoms with Gasteiger partial charge in [-0.1, -0.05) is 0 Å². The highest BCUT2D eigenvalue weighted by Crippen LogP contribution is 2.31. The normalized spacial score (nSPS) is 14.8. The second kappa shape index (κ2) is 4.90. The molecule has 1 heterocycles. The Labute approximate surface area is 115 Å². The summed E-state index contributed by atoms with van der Waals surface area (Å²) in [7, 11) is 0. The van der Waals surface area contributed by atoms with Gasteiger partial charge < -0.3 is 10.4 Å². The second-order valence-corrected chi connectivity index (χ2v) is 5.93. The molecule has 0 radical (unpaired) electrons. The molecule has 0 unspecified atom stereocenters. The number of rotatable bonds is 4. The van der Waals surface area contributed by atoms with Crippen molar-refractivity contribution in [3.8, 4) is 16.3 Å². The first-order chi connectivity index (χ1) is 9.13. The van der Waals surface area contributed by atoms with Gasteiger partial charge in [0, 0.05) is 29.1 Å². The van der Waals surface area contributed by atoms with Gasteiger partial charge >= 0.3 is 0 Å². The number of aromatic nitrogens is 1. The standard InChI is InChI=1S/C14H15FN2OS/c1-8-13(7-16-9-2-3-9)19-14(17-8)11-5-4-10(18)6-12(11)15/h4-6,9,16,18H,2-3,7H2,1H3. The fourth-order valence-electron chi connectivity index (χ4n) is 1.91. The second-order valence-electron chi connectivity index (χ2n) is 4.85. The summed E-state index contributed by atoms with van der Waals surface area (Å²) in [5, 5.41) is 13.3. The largest absolute Gasteiger partial charge is 0.508 e. The Bertz CT molecular complexity index is 607. The van der Waals surface area contributed by atoms with E-state index in [0.717, 1.165) is 23.2 Å². The van der Waals surface area contributed by atoms with Gasteiger partial charge in [0.15, 0.2) is 0 Å². The molecule has 19 heavy (non-hydrogen) atoms. The minimum absolute atomic E-state index is 0.0647. The van der Waals surface area contributed by atoms with Crippen LogP contribution < -0.4 is 5.32 Å². The van der Waals surface area contributed by atoms with Gasteiger partial charge in [-0.3, -0.25) is 0 Å². The molecule has 0 atom stereocenters. The lowest BCUT2D eigenvalue weighted by Gasteiger charge is -2.00. The van der Waals surface area contributed by atoms with E-state index >= 15 is 0 Å². The highest BCUT2D eigenvalue weighted by molar-refractivity contribution is 7.15. The average Bonchev–Trinajstić information content (AvgIpc) is 3.11. The van der Waals surface area contributed by atoms with E-state index in [1.54, 1.807) is 6.07 Å². The van der Waals surface area contributed by atoms with Crippen molar-refractivity contribution < 1.29 is 9.50 Å². The summed E-state index contributed by atoms with van der Waals surface area (Å²) in [5.74, 6) is -0.499. The summed E-state index contributed by atoms with van der Waals surface area (Å²) >= 11 is 1.51. The van der Waals surface area contributed by atoms with Crippen molar-refractivity contribution in [3.63, 3.8) is 0 Å². The van der Waals surface area contributed by atoms with Crippen LogP contribution in [0.2, 0.25) is 0 Å². The fourth-order valence-corrected chi connectivity index (χ4v) is 2.95. The maximum atomic E-state index is 13.8. The summed E-state index contributed by atoms with van der Waals surface area (Å²) in [6, 6.07) is 4.82. The van der Waals surface area contributed by atoms with Crippen LogP contribution in [-0.2, 0) is 6.54 Å². The van der Waals surface area contributed by atoms with E-state index in [2.05, 4.69) is 10.3 Å². The zero-order valence-electron chi connectivity index (χ0n) is 10.6. The lowest BCUT2D eigenvalue weighted by molar-refractivity contribution is 0.469. The summed E-state index contributed by atoms with van der Waals surface area (Å²) in [6.07, 6.45) is 2.49. The predicted octanol–water partition coefficient (Wildman–Crippen LogP) is 3.22. The van der Waals surface area contributed by atoms with E-state index in [1.807, 2.05) is 6.92 Å². The van der Waals surface area contributed by atoms with Crippen LogP contribution >= 0.6 is 11.3 Å². The molecule has 5 heteroatoms. The molecule has 0 bridgehead atoms. The van der Waals surface area contributed by atoms with E-state index in [9.17, 15) is 9.50 Å². The summed E-state index contributed by atoms with van der Waals surface area (Å²) < 4.78 is 13.8. The lowest BCUT2D eigenvalue weighted by atomic mass is 10.2. The van der Waals surface area contributed by atoms with Crippen molar-refractivity contribution in [1.29, 1.82) is 0 Å². The van der Waals surface area contributed by atoms with Crippen molar-refractivity contribution in [1.82, 2.24) is 10.3 Å². The molecular formula is C14H15FN2OS. The maximum absolute atomic E-state index is 13.8. The van der Waals surface area contributed by atoms with Gasteiger partial charge in [0.25, 0.3) is 0 Å². The SMILES string of the molecule is Cc1nc(-c2ccc(O)cc2F)sc1CNC1CC1. The van der Waals surface area contributed by atoms with Crippen LogP contribution in [0, 0.1) is 12.7 Å². The Balaban J connectivity index is 1.85. The molecule has 2 N–H and O–H groups in total. The smallest absolute Gasteiger partial charge is 0.137 e. The first-order valence-corrected chi connectivity index (χ1v) is 7.13. The molecule has 1 aliphatic rings. The molecule has 2 aromatic rings. The third kappa shape index (κ3) is 2.77. The Morgan fingerprint density at radius 3 is 2.95 bits per heavy atom. The molecule has 0 amide bonds. The zero-order chi connectivity index (χ0) is 13.4. The number of thiazole rings is 1. The first-order valence-electron chi connectivity index (χ1n) is 6.32. The van der Waals surface area contributed by atoms with Crippen molar-refractivity contribution >= 4 is 11.3 Å². The van der Waals surface area contributed by atoms with E-state index < -0.39 is 5.82 Å². The summed E-state index contributed by atoms with van der Waals surface area (Å²) in [4.78, 5) is 5.57. The third-order valence-electron chi connectivity index (χ3n) is 3.20. The Morgan fingerprint density at radius 1 is 1.47 bits per heavy atom. The monoisotopic (exact) mass is 278 g/mol. The number of phenolic OH excluding ortho intramolecular Hbond substituents is 1. The molecule has 1 fully saturated rings. The number of nitrogens with zero attached hydrogens (tertiary/aromatic N) is 1. The number of phenols is 1. The molecular weight excluding hydrogens is 263 g/mol. The van der Waals surface area contributed by atoms with Crippen molar-refractivity contribution in [3.05, 3.63) is 34.6 Å². The van der Waals surface area contributed by atoms with Crippen LogP contribution in [0.15, 0.2) is 18.2 Å². The van der Waals surface area contributed by atoms with Gasteiger partial charge in [-0.05, 0) is 31.9 Å². The van der Waals surface area contributed by atoms with Crippen molar-refractivity contribution in [2.24, 2.45) is 0 Å². The van der Waals surface area contributed by atoms with E-state index in [4.69, 9.17) is 0 Å². The van der Waals surface area contributed by atoms with Crippen LogP contribution in [0.25, 0.3) is 10.6 Å². The van der Waals surface area contributed by atoms with E-state index in [-0.39, 0.29) is 5.75 Å². The zero-order valence-corrected chi connectivity index (χ0v) is 11.4. The molecule has 3 nitrogen and oxygen atoms in total. The lowest BCUT2D eigenvalue weighted by Crippen LogP contribution is -2.14. The van der Waals surface area contributed by atoms with Gasteiger partial charge in [-0.15, -0.1) is 11.3 Å². The molecule has 1 saturated carbocycles. The van der Waals surface area contributed by atoms with Gasteiger partial charge in [0.05, 0.1) is 5.69 Å². The number of hydrogen-bond donors (Lipinski definition) is 2. The molecule has 0 spiro atoms. The van der Waals surface area contributed by atoms with Crippen LogP contribution in [0.4, 0.5) is 4.39 Å². The summed E-state index contributed by atoms with van der Waals surface area (Å²) in [6.45, 7) is 2.75. The van der Waals surface area contributed by atoms with Crippen molar-refractivity contribution in [2.75, 3.05) is 0 Å². The van der Waals surface area contributed by atoms with Gasteiger partial charge in [0.2, 0.25) is 0 Å². The molecule has 1 aromatic carbocycles. The highest BCUT2D eigenvalue weighted by atomic mass is 32.1.